The maximum absolute atomic E-state index is 13.0. The van der Waals surface area contributed by atoms with Crippen molar-refractivity contribution in [2.45, 2.75) is 6.42 Å². The molecule has 2 N–H and O–H groups in total. The van der Waals surface area contributed by atoms with Crippen molar-refractivity contribution in [2.75, 3.05) is 45.2 Å². The molecule has 34 heavy (non-hydrogen) atoms. The number of nitrogens with zero attached hydrogens (tertiary/aromatic N) is 3. The lowest BCUT2D eigenvalue weighted by molar-refractivity contribution is 0.0759. The molecule has 0 spiro atoms. The zero-order chi connectivity index (χ0) is 24.2. The smallest absolute Gasteiger partial charge is 0.409 e. The summed E-state index contributed by atoms with van der Waals surface area (Å²) in [5.74, 6) is -0.590. The third-order valence-corrected chi connectivity index (χ3v) is 6.01. The van der Waals surface area contributed by atoms with Crippen molar-refractivity contribution in [3.63, 3.8) is 0 Å². The standard InChI is InChI=1S/C26H28N4O4/c1-28(2)20-11-8-19(9-12-20)25(32)29-14-5-15-30(17-16-29)26(33)34-22-13-10-18-6-3-4-7-21(18)23(22)24(27)31/h3-4,6-13H,5,14-17H2,1-2H3,(H2,27,31). The van der Waals surface area contributed by atoms with E-state index in [2.05, 4.69) is 0 Å². The lowest BCUT2D eigenvalue weighted by Gasteiger charge is -2.22. The van der Waals surface area contributed by atoms with Crippen molar-refractivity contribution in [3.05, 3.63) is 71.8 Å². The summed E-state index contributed by atoms with van der Waals surface area (Å²) in [4.78, 5) is 43.3. The molecule has 0 aromatic heterocycles. The maximum atomic E-state index is 13.0. The molecule has 0 radical (unpaired) electrons. The first-order chi connectivity index (χ1) is 16.3. The normalized spacial score (nSPS) is 13.9. The molecule has 0 saturated carbocycles. The van der Waals surface area contributed by atoms with Gasteiger partial charge >= 0.3 is 6.09 Å². The van der Waals surface area contributed by atoms with Gasteiger partial charge in [0, 0.05) is 51.5 Å². The molecule has 3 aromatic rings. The molecule has 1 aliphatic heterocycles. The number of amides is 3. The Bertz CT molecular complexity index is 1220. The van der Waals surface area contributed by atoms with Crippen LogP contribution in [0.5, 0.6) is 5.75 Å². The van der Waals surface area contributed by atoms with E-state index in [-0.39, 0.29) is 17.2 Å². The van der Waals surface area contributed by atoms with Gasteiger partial charge in [0.2, 0.25) is 0 Å². The Hall–Kier alpha value is -4.07. The van der Waals surface area contributed by atoms with Gasteiger partial charge in [0.25, 0.3) is 11.8 Å². The van der Waals surface area contributed by atoms with Crippen molar-refractivity contribution < 1.29 is 19.1 Å². The van der Waals surface area contributed by atoms with Gasteiger partial charge in [0.1, 0.15) is 5.75 Å². The molecule has 8 nitrogen and oxygen atoms in total. The first kappa shape index (κ1) is 23.1. The molecule has 1 saturated heterocycles. The second-order valence-corrected chi connectivity index (χ2v) is 8.47. The van der Waals surface area contributed by atoms with Gasteiger partial charge in [-0.05, 0) is 47.5 Å². The van der Waals surface area contributed by atoms with E-state index in [1.165, 1.54) is 0 Å². The Kier molecular flexibility index (Phi) is 6.67. The quantitative estimate of drug-likeness (QED) is 0.644. The molecule has 3 aromatic carbocycles. The van der Waals surface area contributed by atoms with E-state index < -0.39 is 12.0 Å². The van der Waals surface area contributed by atoms with Crippen molar-refractivity contribution in [2.24, 2.45) is 5.73 Å². The predicted molar refractivity (Wildman–Crippen MR) is 131 cm³/mol. The van der Waals surface area contributed by atoms with Gasteiger partial charge in [0.15, 0.2) is 0 Å². The van der Waals surface area contributed by atoms with Gasteiger partial charge in [-0.15, -0.1) is 0 Å². The van der Waals surface area contributed by atoms with E-state index >= 15 is 0 Å². The summed E-state index contributed by atoms with van der Waals surface area (Å²) in [6, 6.07) is 18.1. The van der Waals surface area contributed by atoms with Crippen molar-refractivity contribution in [3.8, 4) is 5.75 Å². The van der Waals surface area contributed by atoms with E-state index in [9.17, 15) is 14.4 Å². The van der Waals surface area contributed by atoms with Crippen LogP contribution >= 0.6 is 0 Å². The molecule has 1 fully saturated rings. The Morgan fingerprint density at radius 2 is 1.53 bits per heavy atom. The first-order valence-corrected chi connectivity index (χ1v) is 11.2. The highest BCUT2D eigenvalue weighted by Crippen LogP contribution is 2.28. The molecule has 4 rings (SSSR count). The minimum atomic E-state index is -0.660. The molecule has 0 atom stereocenters. The van der Waals surface area contributed by atoms with Crippen LogP contribution in [0.4, 0.5) is 10.5 Å². The van der Waals surface area contributed by atoms with Gasteiger partial charge in [0.05, 0.1) is 5.56 Å². The third-order valence-electron chi connectivity index (χ3n) is 6.01. The number of carbonyl (C=O) groups is 3. The summed E-state index contributed by atoms with van der Waals surface area (Å²) in [5.41, 5.74) is 7.42. The second kappa shape index (κ2) is 9.82. The number of primary amides is 1. The number of ether oxygens (including phenoxy) is 1. The molecule has 3 amide bonds. The fraction of sp³-hybridized carbons (Fsp3) is 0.269. The van der Waals surface area contributed by atoms with Crippen LogP contribution in [-0.4, -0.2) is 68.0 Å². The van der Waals surface area contributed by atoms with Crippen LogP contribution < -0.4 is 15.4 Å². The van der Waals surface area contributed by atoms with Gasteiger partial charge in [-0.2, -0.15) is 0 Å². The molecule has 176 valence electrons. The van der Waals surface area contributed by atoms with Gasteiger partial charge < -0.3 is 25.2 Å². The van der Waals surface area contributed by atoms with Crippen LogP contribution in [0.15, 0.2) is 60.7 Å². The number of nitrogens with two attached hydrogens (primary N) is 1. The van der Waals surface area contributed by atoms with E-state index in [0.29, 0.717) is 43.5 Å². The van der Waals surface area contributed by atoms with Crippen molar-refractivity contribution >= 4 is 34.4 Å². The maximum Gasteiger partial charge on any atom is 0.415 e. The summed E-state index contributed by atoms with van der Waals surface area (Å²) in [6.07, 6.45) is 0.0548. The van der Waals surface area contributed by atoms with Crippen LogP contribution in [0.1, 0.15) is 27.1 Å². The molecular formula is C26H28N4O4. The minimum absolute atomic E-state index is 0.0638. The van der Waals surface area contributed by atoms with Crippen LogP contribution in [0.25, 0.3) is 10.8 Å². The number of carbonyl (C=O) groups excluding carboxylic acids is 3. The average molecular weight is 461 g/mol. The van der Waals surface area contributed by atoms with Crippen LogP contribution in [0.2, 0.25) is 0 Å². The predicted octanol–water partition coefficient (Wildman–Crippen LogP) is 3.35. The molecule has 0 aliphatic carbocycles. The van der Waals surface area contributed by atoms with E-state index in [0.717, 1.165) is 11.1 Å². The van der Waals surface area contributed by atoms with Crippen LogP contribution in [0.3, 0.4) is 0 Å². The monoisotopic (exact) mass is 460 g/mol. The van der Waals surface area contributed by atoms with Gasteiger partial charge in [-0.3, -0.25) is 9.59 Å². The fourth-order valence-corrected chi connectivity index (χ4v) is 4.14. The SMILES string of the molecule is CN(C)c1ccc(C(=O)N2CCCN(C(=O)Oc3ccc4ccccc4c3C(N)=O)CC2)cc1. The lowest BCUT2D eigenvalue weighted by Crippen LogP contribution is -2.38. The summed E-state index contributed by atoms with van der Waals surface area (Å²) in [5, 5.41) is 1.46. The van der Waals surface area contributed by atoms with Crippen LogP contribution in [0, 0.1) is 0 Å². The number of hydrogen-bond acceptors (Lipinski definition) is 5. The molecule has 1 aliphatic rings. The minimum Gasteiger partial charge on any atom is -0.409 e. The number of anilines is 1. The fourth-order valence-electron chi connectivity index (χ4n) is 4.14. The highest BCUT2D eigenvalue weighted by Gasteiger charge is 2.25. The largest absolute Gasteiger partial charge is 0.415 e. The Morgan fingerprint density at radius 1 is 0.853 bits per heavy atom. The Labute approximate surface area is 198 Å². The van der Waals surface area contributed by atoms with Crippen molar-refractivity contribution in [1.29, 1.82) is 0 Å². The Morgan fingerprint density at radius 3 is 2.24 bits per heavy atom. The average Bonchev–Trinajstić information content (AvgIpc) is 3.09. The van der Waals surface area contributed by atoms with E-state index in [1.54, 1.807) is 34.1 Å². The lowest BCUT2D eigenvalue weighted by atomic mass is 10.0. The number of benzene rings is 3. The molecule has 1 heterocycles. The first-order valence-electron chi connectivity index (χ1n) is 11.2. The molecular weight excluding hydrogens is 432 g/mol. The summed E-state index contributed by atoms with van der Waals surface area (Å²) in [7, 11) is 3.90. The number of hydrogen-bond donors (Lipinski definition) is 1. The highest BCUT2D eigenvalue weighted by molar-refractivity contribution is 6.09. The molecule has 8 heteroatoms. The topological polar surface area (TPSA) is 96.2 Å². The van der Waals surface area contributed by atoms with Gasteiger partial charge in [-0.25, -0.2) is 4.79 Å². The molecule has 0 unspecified atom stereocenters. The van der Waals surface area contributed by atoms with Crippen molar-refractivity contribution in [1.82, 2.24) is 9.80 Å². The zero-order valence-electron chi connectivity index (χ0n) is 19.4. The summed E-state index contributed by atoms with van der Waals surface area (Å²) in [6.45, 7) is 1.71. The Balaban J connectivity index is 1.44. The highest BCUT2D eigenvalue weighted by atomic mass is 16.6. The summed E-state index contributed by atoms with van der Waals surface area (Å²) >= 11 is 0. The number of fused-ring (bicyclic) bond motifs is 1. The third kappa shape index (κ3) is 4.80. The van der Waals surface area contributed by atoms with E-state index in [1.807, 2.05) is 55.4 Å². The zero-order valence-corrected chi connectivity index (χ0v) is 19.4. The number of rotatable bonds is 4. The molecule has 0 bridgehead atoms. The summed E-state index contributed by atoms with van der Waals surface area (Å²) < 4.78 is 5.60. The van der Waals surface area contributed by atoms with Gasteiger partial charge in [-0.1, -0.05) is 30.3 Å². The van der Waals surface area contributed by atoms with E-state index in [4.69, 9.17) is 10.5 Å². The second-order valence-electron chi connectivity index (χ2n) is 8.47. The van der Waals surface area contributed by atoms with Crippen LogP contribution in [-0.2, 0) is 0 Å².